The van der Waals surface area contributed by atoms with E-state index in [9.17, 15) is 9.90 Å². The van der Waals surface area contributed by atoms with Crippen LogP contribution >= 0.6 is 0 Å². The third-order valence-corrected chi connectivity index (χ3v) is 2.02. The number of aromatic carboxylic acids is 1. The highest BCUT2D eigenvalue weighted by atomic mass is 16.4. The highest BCUT2D eigenvalue weighted by Gasteiger charge is 2.13. The lowest BCUT2D eigenvalue weighted by Crippen LogP contribution is -2.28. The molecule has 0 bridgehead atoms. The Hall–Kier alpha value is -1.53. The van der Waals surface area contributed by atoms with Crippen LogP contribution in [0.2, 0.25) is 0 Å². The summed E-state index contributed by atoms with van der Waals surface area (Å²) in [5.74, 6) is -1.04. The quantitative estimate of drug-likeness (QED) is 0.732. The van der Waals surface area contributed by atoms with Crippen molar-refractivity contribution in [3.63, 3.8) is 0 Å². The van der Waals surface area contributed by atoms with Crippen LogP contribution in [-0.4, -0.2) is 50.7 Å². The van der Waals surface area contributed by atoms with E-state index in [0.29, 0.717) is 18.8 Å². The number of hydrogen-bond donors (Lipinski definition) is 2. The van der Waals surface area contributed by atoms with Crippen LogP contribution in [0.5, 0.6) is 0 Å². The molecule has 1 rings (SSSR count). The van der Waals surface area contributed by atoms with Gasteiger partial charge in [0.15, 0.2) is 0 Å². The standard InChI is InChI=1S/C10H15N3O3/c1-7(14)4-13(2)5-9-8(10(15)16)3-11-6-12-9/h3,6-7,14H,4-5H2,1-2H3,(H,15,16). The Labute approximate surface area is 93.6 Å². The lowest BCUT2D eigenvalue weighted by molar-refractivity contribution is 0.0693. The fourth-order valence-corrected chi connectivity index (χ4v) is 1.43. The van der Waals surface area contributed by atoms with Crippen molar-refractivity contribution in [2.45, 2.75) is 19.6 Å². The maximum absolute atomic E-state index is 10.9. The largest absolute Gasteiger partial charge is 0.478 e. The molecule has 1 aromatic rings. The molecule has 0 aliphatic carbocycles. The van der Waals surface area contributed by atoms with Gasteiger partial charge in [-0.1, -0.05) is 0 Å². The molecule has 0 aliphatic rings. The van der Waals surface area contributed by atoms with Crippen molar-refractivity contribution >= 4 is 5.97 Å². The molecule has 1 unspecified atom stereocenters. The first-order chi connectivity index (χ1) is 7.50. The fourth-order valence-electron chi connectivity index (χ4n) is 1.43. The second-order valence-electron chi connectivity index (χ2n) is 3.73. The fraction of sp³-hybridized carbons (Fsp3) is 0.500. The van der Waals surface area contributed by atoms with Gasteiger partial charge in [-0.3, -0.25) is 4.90 Å². The number of aromatic nitrogens is 2. The summed E-state index contributed by atoms with van der Waals surface area (Å²) in [4.78, 5) is 20.3. The van der Waals surface area contributed by atoms with E-state index < -0.39 is 12.1 Å². The van der Waals surface area contributed by atoms with E-state index in [1.165, 1.54) is 12.5 Å². The maximum Gasteiger partial charge on any atom is 0.339 e. The number of hydrogen-bond acceptors (Lipinski definition) is 5. The number of aliphatic hydroxyl groups excluding tert-OH is 1. The Morgan fingerprint density at radius 3 is 2.88 bits per heavy atom. The average molecular weight is 225 g/mol. The van der Waals surface area contributed by atoms with Gasteiger partial charge < -0.3 is 10.2 Å². The monoisotopic (exact) mass is 225 g/mol. The molecule has 0 amide bonds. The Kier molecular flexibility index (Phi) is 4.33. The van der Waals surface area contributed by atoms with Gasteiger partial charge in [-0.05, 0) is 14.0 Å². The molecule has 6 heteroatoms. The van der Waals surface area contributed by atoms with Crippen molar-refractivity contribution in [2.75, 3.05) is 13.6 Å². The van der Waals surface area contributed by atoms with Crippen LogP contribution < -0.4 is 0 Å². The van der Waals surface area contributed by atoms with Crippen molar-refractivity contribution in [1.29, 1.82) is 0 Å². The van der Waals surface area contributed by atoms with Gasteiger partial charge in [-0.2, -0.15) is 0 Å². The summed E-state index contributed by atoms with van der Waals surface area (Å²) in [6.45, 7) is 2.51. The molecule has 0 saturated carbocycles. The lowest BCUT2D eigenvalue weighted by Gasteiger charge is -2.18. The van der Waals surface area contributed by atoms with Crippen LogP contribution in [0.4, 0.5) is 0 Å². The molecule has 0 aliphatic heterocycles. The zero-order valence-corrected chi connectivity index (χ0v) is 9.29. The zero-order chi connectivity index (χ0) is 12.1. The minimum absolute atomic E-state index is 0.0972. The van der Waals surface area contributed by atoms with Gasteiger partial charge in [0.2, 0.25) is 0 Å². The van der Waals surface area contributed by atoms with Crippen LogP contribution in [0.1, 0.15) is 23.0 Å². The van der Waals surface area contributed by atoms with E-state index in [2.05, 4.69) is 9.97 Å². The summed E-state index contributed by atoms with van der Waals surface area (Å²) in [7, 11) is 1.79. The summed E-state index contributed by atoms with van der Waals surface area (Å²) in [6.07, 6.45) is 2.14. The summed E-state index contributed by atoms with van der Waals surface area (Å²) in [6, 6.07) is 0. The molecule has 0 fully saturated rings. The van der Waals surface area contributed by atoms with Gasteiger partial charge in [0.1, 0.15) is 11.9 Å². The predicted octanol–water partition coefficient (Wildman–Crippen LogP) is -0.0126. The number of carboxylic acid groups (broad SMARTS) is 1. The minimum atomic E-state index is -1.04. The minimum Gasteiger partial charge on any atom is -0.478 e. The van der Waals surface area contributed by atoms with E-state index in [-0.39, 0.29) is 5.56 Å². The van der Waals surface area contributed by atoms with Crippen LogP contribution in [0.15, 0.2) is 12.5 Å². The second kappa shape index (κ2) is 5.53. The van der Waals surface area contributed by atoms with Crippen molar-refractivity contribution in [2.24, 2.45) is 0 Å². The van der Waals surface area contributed by atoms with E-state index >= 15 is 0 Å². The molecule has 1 aromatic heterocycles. The molecule has 2 N–H and O–H groups in total. The number of carbonyl (C=O) groups is 1. The van der Waals surface area contributed by atoms with Crippen molar-refractivity contribution in [3.05, 3.63) is 23.8 Å². The van der Waals surface area contributed by atoms with E-state index in [1.807, 2.05) is 0 Å². The zero-order valence-electron chi connectivity index (χ0n) is 9.29. The first-order valence-corrected chi connectivity index (χ1v) is 4.89. The maximum atomic E-state index is 10.9. The normalized spacial score (nSPS) is 12.8. The van der Waals surface area contributed by atoms with Crippen molar-refractivity contribution < 1.29 is 15.0 Å². The highest BCUT2D eigenvalue weighted by molar-refractivity contribution is 5.88. The van der Waals surface area contributed by atoms with E-state index in [1.54, 1.807) is 18.9 Å². The van der Waals surface area contributed by atoms with Crippen molar-refractivity contribution in [1.82, 2.24) is 14.9 Å². The third-order valence-electron chi connectivity index (χ3n) is 2.02. The van der Waals surface area contributed by atoms with E-state index in [4.69, 9.17) is 5.11 Å². The first-order valence-electron chi connectivity index (χ1n) is 4.89. The van der Waals surface area contributed by atoms with Crippen LogP contribution in [0.3, 0.4) is 0 Å². The van der Waals surface area contributed by atoms with Gasteiger partial charge in [-0.25, -0.2) is 14.8 Å². The molecular weight excluding hydrogens is 210 g/mol. The molecule has 1 atom stereocenters. The Morgan fingerprint density at radius 2 is 2.31 bits per heavy atom. The lowest BCUT2D eigenvalue weighted by atomic mass is 10.2. The summed E-state index contributed by atoms with van der Waals surface area (Å²) in [5, 5.41) is 18.1. The summed E-state index contributed by atoms with van der Waals surface area (Å²) >= 11 is 0. The van der Waals surface area contributed by atoms with Crippen molar-refractivity contribution in [3.8, 4) is 0 Å². The first kappa shape index (κ1) is 12.5. The van der Waals surface area contributed by atoms with Crippen LogP contribution in [0, 0.1) is 0 Å². The molecule has 0 spiro atoms. The van der Waals surface area contributed by atoms with Gasteiger partial charge in [0, 0.05) is 19.3 Å². The second-order valence-corrected chi connectivity index (χ2v) is 3.73. The predicted molar refractivity (Wildman–Crippen MR) is 57.0 cm³/mol. The number of nitrogens with zero attached hydrogens (tertiary/aromatic N) is 3. The molecule has 16 heavy (non-hydrogen) atoms. The highest BCUT2D eigenvalue weighted by Crippen LogP contribution is 2.06. The van der Waals surface area contributed by atoms with Crippen LogP contribution in [-0.2, 0) is 6.54 Å². The Bertz CT molecular complexity index is 368. The molecule has 1 heterocycles. The SMILES string of the molecule is CC(O)CN(C)Cc1ncncc1C(=O)O. The average Bonchev–Trinajstić information content (AvgIpc) is 2.16. The molecule has 0 aromatic carbocycles. The van der Waals surface area contributed by atoms with Gasteiger partial charge in [0.05, 0.1) is 11.8 Å². The Morgan fingerprint density at radius 1 is 1.62 bits per heavy atom. The van der Waals surface area contributed by atoms with Gasteiger partial charge in [-0.15, -0.1) is 0 Å². The number of likely N-dealkylation sites (N-methyl/N-ethyl adjacent to an activating group) is 1. The van der Waals surface area contributed by atoms with Gasteiger partial charge >= 0.3 is 5.97 Å². The third kappa shape index (κ3) is 3.56. The molecule has 6 nitrogen and oxygen atoms in total. The molecular formula is C10H15N3O3. The molecule has 0 radical (unpaired) electrons. The summed E-state index contributed by atoms with van der Waals surface area (Å²) < 4.78 is 0. The summed E-state index contributed by atoms with van der Waals surface area (Å²) in [5.41, 5.74) is 0.547. The molecule has 0 saturated heterocycles. The number of aliphatic hydroxyl groups is 1. The number of carboxylic acids is 1. The number of rotatable bonds is 5. The topological polar surface area (TPSA) is 86.5 Å². The van der Waals surface area contributed by atoms with E-state index in [0.717, 1.165) is 0 Å². The molecule has 88 valence electrons. The Balaban J connectivity index is 2.76. The van der Waals surface area contributed by atoms with Gasteiger partial charge in [0.25, 0.3) is 0 Å². The smallest absolute Gasteiger partial charge is 0.339 e. The van der Waals surface area contributed by atoms with Crippen LogP contribution in [0.25, 0.3) is 0 Å².